The van der Waals surface area contributed by atoms with Crippen LogP contribution in [0.3, 0.4) is 0 Å². The van der Waals surface area contributed by atoms with Crippen molar-refractivity contribution in [2.24, 2.45) is 0 Å². The lowest BCUT2D eigenvalue weighted by molar-refractivity contribution is 0.0949. The van der Waals surface area contributed by atoms with Crippen LogP contribution in [0.25, 0.3) is 10.9 Å². The van der Waals surface area contributed by atoms with Gasteiger partial charge in [-0.15, -0.1) is 0 Å². The van der Waals surface area contributed by atoms with Crippen LogP contribution >= 0.6 is 0 Å². The van der Waals surface area contributed by atoms with Crippen LogP contribution in [0, 0.1) is 12.7 Å². The fraction of sp³-hybridized carbons (Fsp3) is 0.200. The van der Waals surface area contributed by atoms with E-state index in [1.807, 2.05) is 38.1 Å². The first-order valence-electron chi connectivity index (χ1n) is 8.01. The highest BCUT2D eigenvalue weighted by atomic mass is 19.1. The van der Waals surface area contributed by atoms with Gasteiger partial charge in [0.25, 0.3) is 5.91 Å². The minimum absolute atomic E-state index is 0.154. The Balaban J connectivity index is 1.94. The van der Waals surface area contributed by atoms with Gasteiger partial charge in [0.2, 0.25) is 0 Å². The molecule has 122 valence electrons. The molecular weight excluding hydrogens is 303 g/mol. The Labute approximate surface area is 140 Å². The van der Waals surface area contributed by atoms with Crippen molar-refractivity contribution in [3.63, 3.8) is 0 Å². The minimum atomic E-state index is -0.318. The predicted molar refractivity (Wildman–Crippen MR) is 93.4 cm³/mol. The third-order valence-corrected chi connectivity index (χ3v) is 4.19. The van der Waals surface area contributed by atoms with Crippen molar-refractivity contribution >= 4 is 16.8 Å². The SMILES string of the molecule is CCc1nc2ccccc2c(C)c1C(=O)NCc1ccccc1F. The molecule has 0 radical (unpaired) electrons. The van der Waals surface area contributed by atoms with E-state index in [1.54, 1.807) is 18.2 Å². The van der Waals surface area contributed by atoms with E-state index in [1.165, 1.54) is 6.07 Å². The largest absolute Gasteiger partial charge is 0.348 e. The molecule has 3 rings (SSSR count). The van der Waals surface area contributed by atoms with Gasteiger partial charge in [-0.2, -0.15) is 0 Å². The van der Waals surface area contributed by atoms with Crippen LogP contribution in [0.1, 0.15) is 34.1 Å². The molecule has 1 aromatic heterocycles. The highest BCUT2D eigenvalue weighted by Gasteiger charge is 2.17. The van der Waals surface area contributed by atoms with Crippen molar-refractivity contribution in [1.29, 1.82) is 0 Å². The third kappa shape index (κ3) is 3.00. The van der Waals surface area contributed by atoms with E-state index in [2.05, 4.69) is 10.3 Å². The lowest BCUT2D eigenvalue weighted by Gasteiger charge is -2.14. The molecule has 2 aromatic carbocycles. The molecule has 0 saturated heterocycles. The molecule has 0 aliphatic carbocycles. The van der Waals surface area contributed by atoms with Gasteiger partial charge in [0.1, 0.15) is 5.82 Å². The van der Waals surface area contributed by atoms with Crippen molar-refractivity contribution in [2.45, 2.75) is 26.8 Å². The second-order valence-electron chi connectivity index (χ2n) is 5.70. The monoisotopic (exact) mass is 322 g/mol. The van der Waals surface area contributed by atoms with E-state index in [0.717, 1.165) is 22.2 Å². The Bertz CT molecular complexity index is 905. The molecule has 4 heteroatoms. The van der Waals surface area contributed by atoms with Gasteiger partial charge >= 0.3 is 0 Å². The molecule has 24 heavy (non-hydrogen) atoms. The second kappa shape index (κ2) is 6.79. The molecule has 0 saturated carbocycles. The Morgan fingerprint density at radius 2 is 1.83 bits per heavy atom. The summed E-state index contributed by atoms with van der Waals surface area (Å²) < 4.78 is 13.7. The summed E-state index contributed by atoms with van der Waals surface area (Å²) in [6, 6.07) is 14.2. The molecule has 3 aromatic rings. The number of fused-ring (bicyclic) bond motifs is 1. The molecule has 0 bridgehead atoms. The number of benzene rings is 2. The zero-order valence-corrected chi connectivity index (χ0v) is 13.8. The maximum atomic E-state index is 13.7. The maximum Gasteiger partial charge on any atom is 0.253 e. The molecule has 0 aliphatic heterocycles. The van der Waals surface area contributed by atoms with Crippen LogP contribution in [0.15, 0.2) is 48.5 Å². The third-order valence-electron chi connectivity index (χ3n) is 4.19. The van der Waals surface area contributed by atoms with E-state index >= 15 is 0 Å². The maximum absolute atomic E-state index is 13.7. The van der Waals surface area contributed by atoms with Crippen LogP contribution in [0.4, 0.5) is 4.39 Å². The Kier molecular flexibility index (Phi) is 4.56. The van der Waals surface area contributed by atoms with Gasteiger partial charge in [-0.05, 0) is 31.0 Å². The Hall–Kier alpha value is -2.75. The number of halogens is 1. The molecule has 0 spiro atoms. The van der Waals surface area contributed by atoms with Crippen molar-refractivity contribution < 1.29 is 9.18 Å². The van der Waals surface area contributed by atoms with E-state index in [4.69, 9.17) is 0 Å². The average molecular weight is 322 g/mol. The molecule has 0 atom stereocenters. The van der Waals surface area contributed by atoms with E-state index < -0.39 is 0 Å². The molecule has 1 N–H and O–H groups in total. The lowest BCUT2D eigenvalue weighted by Crippen LogP contribution is -2.26. The minimum Gasteiger partial charge on any atom is -0.348 e. The van der Waals surface area contributed by atoms with Crippen molar-refractivity contribution in [3.8, 4) is 0 Å². The summed E-state index contributed by atoms with van der Waals surface area (Å²) >= 11 is 0. The number of amides is 1. The first-order chi connectivity index (χ1) is 11.6. The first-order valence-corrected chi connectivity index (χ1v) is 8.01. The average Bonchev–Trinajstić information content (AvgIpc) is 2.60. The Morgan fingerprint density at radius 3 is 2.58 bits per heavy atom. The van der Waals surface area contributed by atoms with E-state index in [9.17, 15) is 9.18 Å². The molecule has 1 amide bonds. The summed E-state index contributed by atoms with van der Waals surface area (Å²) in [7, 11) is 0. The highest BCUT2D eigenvalue weighted by Crippen LogP contribution is 2.23. The number of carbonyl (C=O) groups excluding carboxylic acids is 1. The molecule has 0 unspecified atom stereocenters. The standard InChI is InChI=1S/C20H19FN2O/c1-3-17-19(13(2)15-9-5-7-11-18(15)23-17)20(24)22-12-14-8-4-6-10-16(14)21/h4-11H,3,12H2,1-2H3,(H,22,24). The summed E-state index contributed by atoms with van der Waals surface area (Å²) in [6.07, 6.45) is 0.661. The first kappa shape index (κ1) is 16.1. The van der Waals surface area contributed by atoms with E-state index in [0.29, 0.717) is 17.5 Å². The molecule has 0 fully saturated rings. The fourth-order valence-electron chi connectivity index (χ4n) is 2.90. The number of aryl methyl sites for hydroxylation is 2. The van der Waals surface area contributed by atoms with Gasteiger partial charge in [0.15, 0.2) is 0 Å². The van der Waals surface area contributed by atoms with Crippen LogP contribution < -0.4 is 5.32 Å². The molecule has 3 nitrogen and oxygen atoms in total. The lowest BCUT2D eigenvalue weighted by atomic mass is 9.99. The number of aromatic nitrogens is 1. The summed E-state index contributed by atoms with van der Waals surface area (Å²) in [5, 5.41) is 3.78. The second-order valence-corrected chi connectivity index (χ2v) is 5.70. The molecule has 1 heterocycles. The van der Waals surface area contributed by atoms with Crippen LogP contribution in [-0.2, 0) is 13.0 Å². The summed E-state index contributed by atoms with van der Waals surface area (Å²) in [5.74, 6) is -0.535. The summed E-state index contributed by atoms with van der Waals surface area (Å²) in [4.78, 5) is 17.3. The Morgan fingerprint density at radius 1 is 1.12 bits per heavy atom. The van der Waals surface area contributed by atoms with Crippen LogP contribution in [-0.4, -0.2) is 10.9 Å². The number of hydrogen-bond donors (Lipinski definition) is 1. The van der Waals surface area contributed by atoms with Crippen molar-refractivity contribution in [1.82, 2.24) is 10.3 Å². The zero-order valence-electron chi connectivity index (χ0n) is 13.8. The smallest absolute Gasteiger partial charge is 0.253 e. The van der Waals surface area contributed by atoms with Crippen LogP contribution in [0.5, 0.6) is 0 Å². The summed E-state index contributed by atoms with van der Waals surface area (Å²) in [5.41, 5.74) is 3.61. The van der Waals surface area contributed by atoms with Gasteiger partial charge in [0.05, 0.1) is 16.8 Å². The zero-order chi connectivity index (χ0) is 17.1. The van der Waals surface area contributed by atoms with E-state index in [-0.39, 0.29) is 18.3 Å². The number of pyridine rings is 1. The van der Waals surface area contributed by atoms with Crippen molar-refractivity contribution in [3.05, 3.63) is 76.7 Å². The van der Waals surface area contributed by atoms with Gasteiger partial charge in [-0.1, -0.05) is 43.3 Å². The number of para-hydroxylation sites is 1. The number of hydrogen-bond acceptors (Lipinski definition) is 2. The number of nitrogens with one attached hydrogen (secondary N) is 1. The number of carbonyl (C=O) groups is 1. The van der Waals surface area contributed by atoms with Crippen molar-refractivity contribution in [2.75, 3.05) is 0 Å². The fourth-order valence-corrected chi connectivity index (χ4v) is 2.90. The highest BCUT2D eigenvalue weighted by molar-refractivity contribution is 6.01. The topological polar surface area (TPSA) is 42.0 Å². The van der Waals surface area contributed by atoms with Gasteiger partial charge in [-0.25, -0.2) is 4.39 Å². The predicted octanol–water partition coefficient (Wildman–Crippen LogP) is 4.17. The quantitative estimate of drug-likeness (QED) is 0.783. The van der Waals surface area contributed by atoms with Crippen LogP contribution in [0.2, 0.25) is 0 Å². The summed E-state index contributed by atoms with van der Waals surface area (Å²) in [6.45, 7) is 4.06. The normalized spacial score (nSPS) is 10.8. The number of rotatable bonds is 4. The van der Waals surface area contributed by atoms with Gasteiger partial charge < -0.3 is 5.32 Å². The molecular formula is C20H19FN2O. The van der Waals surface area contributed by atoms with Gasteiger partial charge in [-0.3, -0.25) is 9.78 Å². The molecule has 0 aliphatic rings. The number of nitrogens with zero attached hydrogens (tertiary/aromatic N) is 1. The van der Waals surface area contributed by atoms with Gasteiger partial charge in [0, 0.05) is 17.5 Å².